The number of carbonyl (C=O) groups excluding carboxylic acids is 1. The number of esters is 1. The van der Waals surface area contributed by atoms with Crippen LogP contribution in [0, 0.1) is 5.82 Å². The van der Waals surface area contributed by atoms with Crippen molar-refractivity contribution in [2.75, 3.05) is 19.5 Å². The van der Waals surface area contributed by atoms with Crippen LogP contribution in [0.5, 0.6) is 5.75 Å². The van der Waals surface area contributed by atoms with E-state index < -0.39 is 11.8 Å². The molecule has 0 bridgehead atoms. The second-order valence-corrected chi connectivity index (χ2v) is 4.47. The van der Waals surface area contributed by atoms with Gasteiger partial charge in [0.25, 0.3) is 0 Å². The molecule has 0 saturated carbocycles. The molecule has 110 valence electrons. The molecule has 0 fully saturated rings. The number of hydrogen-bond acceptors (Lipinski definition) is 4. The van der Waals surface area contributed by atoms with Gasteiger partial charge in [0, 0.05) is 12.1 Å². The smallest absolute Gasteiger partial charge is 0.340 e. The van der Waals surface area contributed by atoms with Crippen LogP contribution in [0.25, 0.3) is 0 Å². The fourth-order valence-electron chi connectivity index (χ4n) is 1.85. The van der Waals surface area contributed by atoms with Crippen molar-refractivity contribution in [2.45, 2.75) is 6.42 Å². The quantitative estimate of drug-likeness (QED) is 0.679. The minimum Gasteiger partial charge on any atom is -0.497 e. The summed E-state index contributed by atoms with van der Waals surface area (Å²) < 4.78 is 23.1. The highest BCUT2D eigenvalue weighted by Gasteiger charge is 2.11. The van der Waals surface area contributed by atoms with Crippen LogP contribution >= 0.6 is 0 Å². The molecule has 2 N–H and O–H groups in total. The number of rotatable bonds is 5. The number of ether oxygens (including phenoxy) is 2. The van der Waals surface area contributed by atoms with Crippen LogP contribution in [-0.4, -0.2) is 19.7 Å². The van der Waals surface area contributed by atoms with E-state index in [4.69, 9.17) is 15.2 Å². The van der Waals surface area contributed by atoms with E-state index in [1.807, 2.05) is 24.3 Å². The molecular formula is C16H16FNO3. The van der Waals surface area contributed by atoms with E-state index in [2.05, 4.69) is 0 Å². The highest BCUT2D eigenvalue weighted by Crippen LogP contribution is 2.15. The van der Waals surface area contributed by atoms with Gasteiger partial charge in [-0.2, -0.15) is 0 Å². The Hall–Kier alpha value is -2.56. The molecule has 0 aliphatic heterocycles. The summed E-state index contributed by atoms with van der Waals surface area (Å²) in [5.74, 6) is -0.266. The Bertz CT molecular complexity index is 626. The van der Waals surface area contributed by atoms with Crippen LogP contribution in [0.3, 0.4) is 0 Å². The number of halogens is 1. The van der Waals surface area contributed by atoms with Gasteiger partial charge in [0.05, 0.1) is 19.3 Å². The molecule has 0 radical (unpaired) electrons. The van der Waals surface area contributed by atoms with Crippen molar-refractivity contribution in [3.63, 3.8) is 0 Å². The fraction of sp³-hybridized carbons (Fsp3) is 0.188. The maximum absolute atomic E-state index is 12.9. The van der Waals surface area contributed by atoms with Crippen molar-refractivity contribution in [3.8, 4) is 5.75 Å². The van der Waals surface area contributed by atoms with Crippen molar-refractivity contribution in [1.29, 1.82) is 0 Å². The first kappa shape index (κ1) is 14.8. The van der Waals surface area contributed by atoms with Crippen molar-refractivity contribution in [2.24, 2.45) is 0 Å². The average molecular weight is 289 g/mol. The Morgan fingerprint density at radius 2 is 1.90 bits per heavy atom. The van der Waals surface area contributed by atoms with Gasteiger partial charge < -0.3 is 15.2 Å². The molecule has 0 unspecified atom stereocenters. The van der Waals surface area contributed by atoms with E-state index in [1.54, 1.807) is 7.11 Å². The van der Waals surface area contributed by atoms with Crippen LogP contribution < -0.4 is 10.5 Å². The maximum atomic E-state index is 12.9. The largest absolute Gasteiger partial charge is 0.497 e. The first-order valence-corrected chi connectivity index (χ1v) is 6.45. The lowest BCUT2D eigenvalue weighted by Gasteiger charge is -2.07. The number of benzene rings is 2. The molecule has 21 heavy (non-hydrogen) atoms. The summed E-state index contributed by atoms with van der Waals surface area (Å²) in [6.07, 6.45) is 0.580. The standard InChI is InChI=1S/C16H16FNO3/c1-20-13-5-2-11(3-6-13)8-9-21-16(19)14-7-4-12(17)10-15(14)18/h2-7,10H,8-9,18H2,1H3. The van der Waals surface area contributed by atoms with E-state index in [0.717, 1.165) is 17.4 Å². The van der Waals surface area contributed by atoms with Gasteiger partial charge in [0.2, 0.25) is 0 Å². The Labute approximate surface area is 122 Å². The molecule has 5 heteroatoms. The fourth-order valence-corrected chi connectivity index (χ4v) is 1.85. The molecule has 2 rings (SSSR count). The molecule has 0 atom stereocenters. The Balaban J connectivity index is 1.88. The van der Waals surface area contributed by atoms with Crippen LogP contribution in [0.1, 0.15) is 15.9 Å². The van der Waals surface area contributed by atoms with Crippen molar-refractivity contribution in [3.05, 3.63) is 59.4 Å². The van der Waals surface area contributed by atoms with E-state index in [0.29, 0.717) is 6.42 Å². The zero-order chi connectivity index (χ0) is 15.2. The number of hydrogen-bond donors (Lipinski definition) is 1. The third-order valence-electron chi connectivity index (χ3n) is 3.02. The lowest BCUT2D eigenvalue weighted by atomic mass is 10.1. The molecule has 0 aromatic heterocycles. The van der Waals surface area contributed by atoms with Crippen molar-refractivity contribution in [1.82, 2.24) is 0 Å². The van der Waals surface area contributed by atoms with Gasteiger partial charge in [-0.1, -0.05) is 12.1 Å². The van der Waals surface area contributed by atoms with Crippen LogP contribution in [-0.2, 0) is 11.2 Å². The molecule has 2 aromatic carbocycles. The second-order valence-electron chi connectivity index (χ2n) is 4.47. The van der Waals surface area contributed by atoms with Gasteiger partial charge in [-0.05, 0) is 35.9 Å². The monoisotopic (exact) mass is 289 g/mol. The maximum Gasteiger partial charge on any atom is 0.340 e. The first-order valence-electron chi connectivity index (χ1n) is 6.45. The van der Waals surface area contributed by atoms with Gasteiger partial charge in [-0.25, -0.2) is 9.18 Å². The zero-order valence-corrected chi connectivity index (χ0v) is 11.6. The summed E-state index contributed by atoms with van der Waals surface area (Å²) in [5, 5.41) is 0. The third kappa shape index (κ3) is 3.95. The summed E-state index contributed by atoms with van der Waals surface area (Å²) >= 11 is 0. The van der Waals surface area contributed by atoms with Crippen LogP contribution in [0.4, 0.5) is 10.1 Å². The van der Waals surface area contributed by atoms with Gasteiger partial charge in [0.1, 0.15) is 11.6 Å². The molecule has 0 amide bonds. The van der Waals surface area contributed by atoms with Crippen LogP contribution in [0.15, 0.2) is 42.5 Å². The average Bonchev–Trinajstić information content (AvgIpc) is 2.47. The molecule has 2 aromatic rings. The summed E-state index contributed by atoms with van der Waals surface area (Å²) in [4.78, 5) is 11.8. The highest BCUT2D eigenvalue weighted by atomic mass is 19.1. The second kappa shape index (κ2) is 6.74. The molecule has 0 spiro atoms. The van der Waals surface area contributed by atoms with Gasteiger partial charge in [-0.3, -0.25) is 0 Å². The number of nitrogen functional groups attached to an aromatic ring is 1. The molecule has 0 heterocycles. The number of anilines is 1. The Morgan fingerprint density at radius 1 is 1.19 bits per heavy atom. The van der Waals surface area contributed by atoms with E-state index in [9.17, 15) is 9.18 Å². The lowest BCUT2D eigenvalue weighted by molar-refractivity contribution is 0.0510. The molecule has 0 saturated heterocycles. The van der Waals surface area contributed by atoms with Crippen LogP contribution in [0.2, 0.25) is 0 Å². The Kier molecular flexibility index (Phi) is 4.77. The van der Waals surface area contributed by atoms with Gasteiger partial charge in [0.15, 0.2) is 0 Å². The Morgan fingerprint density at radius 3 is 2.52 bits per heavy atom. The predicted octanol–water partition coefficient (Wildman–Crippen LogP) is 2.82. The van der Waals surface area contributed by atoms with Crippen molar-refractivity contribution < 1.29 is 18.7 Å². The normalized spacial score (nSPS) is 10.2. The van der Waals surface area contributed by atoms with E-state index in [1.165, 1.54) is 12.1 Å². The molecule has 0 aliphatic rings. The summed E-state index contributed by atoms with van der Waals surface area (Å²) in [5.41, 5.74) is 6.85. The number of nitrogens with two attached hydrogens (primary N) is 1. The molecule has 4 nitrogen and oxygen atoms in total. The summed E-state index contributed by atoms with van der Waals surface area (Å²) in [6.45, 7) is 0.224. The van der Waals surface area contributed by atoms with E-state index in [-0.39, 0.29) is 17.9 Å². The molecule has 0 aliphatic carbocycles. The third-order valence-corrected chi connectivity index (χ3v) is 3.02. The number of carbonyl (C=O) groups is 1. The van der Waals surface area contributed by atoms with Gasteiger partial charge >= 0.3 is 5.97 Å². The number of methoxy groups -OCH3 is 1. The minimum atomic E-state index is -0.555. The minimum absolute atomic E-state index is 0.0736. The highest BCUT2D eigenvalue weighted by molar-refractivity contribution is 5.95. The van der Waals surface area contributed by atoms with Gasteiger partial charge in [-0.15, -0.1) is 0 Å². The van der Waals surface area contributed by atoms with Crippen molar-refractivity contribution >= 4 is 11.7 Å². The van der Waals surface area contributed by atoms with E-state index >= 15 is 0 Å². The zero-order valence-electron chi connectivity index (χ0n) is 11.6. The summed E-state index contributed by atoms with van der Waals surface area (Å²) in [7, 11) is 1.60. The predicted molar refractivity (Wildman–Crippen MR) is 77.8 cm³/mol. The lowest BCUT2D eigenvalue weighted by Crippen LogP contribution is -2.10. The first-order chi connectivity index (χ1) is 10.1. The molecular weight excluding hydrogens is 273 g/mol. The topological polar surface area (TPSA) is 61.5 Å². The SMILES string of the molecule is COc1ccc(CCOC(=O)c2ccc(F)cc2N)cc1. The summed E-state index contributed by atoms with van der Waals surface area (Å²) in [6, 6.07) is 11.1.